The summed E-state index contributed by atoms with van der Waals surface area (Å²) in [5, 5.41) is 2.90. The van der Waals surface area contributed by atoms with Crippen molar-refractivity contribution < 1.29 is 14.3 Å². The Morgan fingerprint density at radius 3 is 2.75 bits per heavy atom. The third kappa shape index (κ3) is 3.92. The lowest BCUT2D eigenvalue weighted by atomic mass is 10.2. The molecule has 2 aromatic rings. The van der Waals surface area contributed by atoms with Gasteiger partial charge in [0.2, 0.25) is 11.8 Å². The summed E-state index contributed by atoms with van der Waals surface area (Å²) in [6.45, 7) is 3.16. The number of amides is 2. The molecule has 2 heterocycles. The van der Waals surface area contributed by atoms with E-state index >= 15 is 0 Å². The molecule has 1 N–H and O–H groups in total. The van der Waals surface area contributed by atoms with Crippen LogP contribution < -0.4 is 14.8 Å². The minimum atomic E-state index is -0.123. The highest BCUT2D eigenvalue weighted by Gasteiger charge is 2.28. The van der Waals surface area contributed by atoms with E-state index < -0.39 is 0 Å². The molecule has 7 heteroatoms. The molecule has 1 atom stereocenters. The van der Waals surface area contributed by atoms with E-state index in [0.717, 1.165) is 17.7 Å². The van der Waals surface area contributed by atoms with Gasteiger partial charge in [-0.05, 0) is 19.1 Å². The Kier molecular flexibility index (Phi) is 4.79. The first-order valence-corrected chi connectivity index (χ1v) is 7.79. The van der Waals surface area contributed by atoms with Crippen molar-refractivity contribution in [1.29, 1.82) is 0 Å². The first-order chi connectivity index (χ1) is 11.6. The van der Waals surface area contributed by atoms with E-state index in [9.17, 15) is 4.79 Å². The number of likely N-dealkylation sites (tertiary alicyclic amines) is 1. The molecular weight excluding hydrogens is 308 g/mol. The molecule has 1 aromatic heterocycles. The van der Waals surface area contributed by atoms with Crippen LogP contribution in [-0.2, 0) is 0 Å². The van der Waals surface area contributed by atoms with Crippen LogP contribution in [0.5, 0.6) is 11.8 Å². The number of benzene rings is 1. The zero-order chi connectivity index (χ0) is 16.9. The van der Waals surface area contributed by atoms with Gasteiger partial charge in [0.05, 0.1) is 26.0 Å². The average molecular weight is 328 g/mol. The number of carbonyl (C=O) groups is 1. The summed E-state index contributed by atoms with van der Waals surface area (Å²) in [6, 6.07) is 7.59. The van der Waals surface area contributed by atoms with Crippen LogP contribution in [0.1, 0.15) is 12.0 Å². The molecule has 1 aliphatic heterocycles. The molecule has 0 radical (unpaired) electrons. The molecule has 24 heavy (non-hydrogen) atoms. The van der Waals surface area contributed by atoms with Crippen LogP contribution in [-0.4, -0.2) is 47.2 Å². The van der Waals surface area contributed by atoms with Crippen molar-refractivity contribution in [3.05, 3.63) is 42.2 Å². The summed E-state index contributed by atoms with van der Waals surface area (Å²) < 4.78 is 10.8. The molecule has 126 valence electrons. The molecule has 0 bridgehead atoms. The number of rotatable bonds is 4. The Hall–Kier alpha value is -2.83. The highest BCUT2D eigenvalue weighted by molar-refractivity contribution is 5.89. The Balaban J connectivity index is 1.54. The summed E-state index contributed by atoms with van der Waals surface area (Å²) >= 11 is 0. The summed E-state index contributed by atoms with van der Waals surface area (Å²) in [6.07, 6.45) is 3.70. The number of methoxy groups -OCH3 is 1. The number of hydrogen-bond donors (Lipinski definition) is 1. The Morgan fingerprint density at radius 1 is 1.25 bits per heavy atom. The number of anilines is 1. The second-order valence-corrected chi connectivity index (χ2v) is 5.67. The van der Waals surface area contributed by atoms with Crippen LogP contribution >= 0.6 is 0 Å². The second-order valence-electron chi connectivity index (χ2n) is 5.67. The number of ether oxygens (including phenoxy) is 2. The van der Waals surface area contributed by atoms with Crippen molar-refractivity contribution in [3.8, 4) is 11.8 Å². The molecule has 0 spiro atoms. The molecule has 1 saturated heterocycles. The van der Waals surface area contributed by atoms with Gasteiger partial charge in [0.25, 0.3) is 0 Å². The maximum Gasteiger partial charge on any atom is 0.321 e. The van der Waals surface area contributed by atoms with Crippen molar-refractivity contribution in [2.75, 3.05) is 25.5 Å². The minimum Gasteiger partial charge on any atom is -0.480 e. The molecule has 0 aliphatic carbocycles. The van der Waals surface area contributed by atoms with Crippen LogP contribution in [0.4, 0.5) is 10.5 Å². The Labute approximate surface area is 140 Å². The maximum atomic E-state index is 12.3. The van der Waals surface area contributed by atoms with Gasteiger partial charge in [0, 0.05) is 18.7 Å². The number of urea groups is 1. The third-order valence-electron chi connectivity index (χ3n) is 3.82. The van der Waals surface area contributed by atoms with Gasteiger partial charge in [-0.1, -0.05) is 17.7 Å². The fourth-order valence-corrected chi connectivity index (χ4v) is 2.51. The molecule has 7 nitrogen and oxygen atoms in total. The van der Waals surface area contributed by atoms with E-state index in [2.05, 4.69) is 15.3 Å². The number of aromatic nitrogens is 2. The number of nitrogens with one attached hydrogen (secondary N) is 1. The van der Waals surface area contributed by atoms with Crippen LogP contribution in [0.2, 0.25) is 0 Å². The van der Waals surface area contributed by atoms with Gasteiger partial charge in [-0.15, -0.1) is 0 Å². The van der Waals surface area contributed by atoms with Gasteiger partial charge in [-0.3, -0.25) is 4.98 Å². The summed E-state index contributed by atoms with van der Waals surface area (Å²) in [4.78, 5) is 22.2. The van der Waals surface area contributed by atoms with Gasteiger partial charge >= 0.3 is 6.03 Å². The highest BCUT2D eigenvalue weighted by atomic mass is 16.5. The number of carbonyl (C=O) groups excluding carboxylic acids is 1. The van der Waals surface area contributed by atoms with E-state index in [0.29, 0.717) is 24.8 Å². The van der Waals surface area contributed by atoms with Crippen LogP contribution in [0, 0.1) is 6.92 Å². The largest absolute Gasteiger partial charge is 0.480 e. The molecule has 2 amide bonds. The number of aryl methyl sites for hydroxylation is 1. The topological polar surface area (TPSA) is 76.6 Å². The molecule has 0 saturated carbocycles. The fourth-order valence-electron chi connectivity index (χ4n) is 2.51. The van der Waals surface area contributed by atoms with Crippen LogP contribution in [0.15, 0.2) is 36.7 Å². The first kappa shape index (κ1) is 16.0. The molecule has 3 rings (SSSR count). The summed E-state index contributed by atoms with van der Waals surface area (Å²) in [5.41, 5.74) is 1.94. The van der Waals surface area contributed by atoms with E-state index in [1.165, 1.54) is 19.5 Å². The zero-order valence-corrected chi connectivity index (χ0v) is 13.7. The predicted molar refractivity (Wildman–Crippen MR) is 89.4 cm³/mol. The van der Waals surface area contributed by atoms with Crippen molar-refractivity contribution in [3.63, 3.8) is 0 Å². The average Bonchev–Trinajstić information content (AvgIpc) is 3.06. The van der Waals surface area contributed by atoms with Crippen LogP contribution in [0.25, 0.3) is 0 Å². The molecule has 1 fully saturated rings. The van der Waals surface area contributed by atoms with Crippen molar-refractivity contribution in [2.45, 2.75) is 19.4 Å². The molecule has 1 unspecified atom stereocenters. The predicted octanol–water partition coefficient (Wildman–Crippen LogP) is 2.48. The molecule has 1 aromatic carbocycles. The van der Waals surface area contributed by atoms with E-state index in [4.69, 9.17) is 9.47 Å². The lowest BCUT2D eigenvalue weighted by Gasteiger charge is -2.17. The first-order valence-electron chi connectivity index (χ1n) is 7.79. The van der Waals surface area contributed by atoms with Crippen molar-refractivity contribution >= 4 is 11.7 Å². The quantitative estimate of drug-likeness (QED) is 0.933. The fraction of sp³-hybridized carbons (Fsp3) is 0.353. The van der Waals surface area contributed by atoms with Crippen LogP contribution in [0.3, 0.4) is 0 Å². The Bertz CT molecular complexity index is 705. The van der Waals surface area contributed by atoms with E-state index in [1.807, 2.05) is 31.2 Å². The van der Waals surface area contributed by atoms with Gasteiger partial charge in [-0.25, -0.2) is 4.79 Å². The third-order valence-corrected chi connectivity index (χ3v) is 3.82. The van der Waals surface area contributed by atoms with Gasteiger partial charge in [0.15, 0.2) is 0 Å². The van der Waals surface area contributed by atoms with Crippen molar-refractivity contribution in [2.24, 2.45) is 0 Å². The minimum absolute atomic E-state index is 0.102. The standard InChI is InChI=1S/C17H20N4O3/c1-12-3-5-13(6-4-12)19-17(22)21-8-7-14(11-21)24-16-10-18-9-15(20-16)23-2/h3-6,9-10,14H,7-8,11H2,1-2H3,(H,19,22). The molecule has 1 aliphatic rings. The highest BCUT2D eigenvalue weighted by Crippen LogP contribution is 2.19. The second kappa shape index (κ2) is 7.16. The smallest absolute Gasteiger partial charge is 0.321 e. The lowest BCUT2D eigenvalue weighted by Crippen LogP contribution is -2.34. The number of nitrogens with zero attached hydrogens (tertiary/aromatic N) is 3. The van der Waals surface area contributed by atoms with E-state index in [1.54, 1.807) is 4.90 Å². The van der Waals surface area contributed by atoms with Crippen molar-refractivity contribution in [1.82, 2.24) is 14.9 Å². The summed E-state index contributed by atoms with van der Waals surface area (Å²) in [7, 11) is 1.53. The lowest BCUT2D eigenvalue weighted by molar-refractivity contribution is 0.188. The normalized spacial score (nSPS) is 16.8. The van der Waals surface area contributed by atoms with Gasteiger partial charge in [-0.2, -0.15) is 4.98 Å². The Morgan fingerprint density at radius 2 is 2.00 bits per heavy atom. The summed E-state index contributed by atoms with van der Waals surface area (Å²) in [5.74, 6) is 0.805. The zero-order valence-electron chi connectivity index (χ0n) is 13.7. The van der Waals surface area contributed by atoms with Gasteiger partial charge in [0.1, 0.15) is 6.10 Å². The maximum absolute atomic E-state index is 12.3. The van der Waals surface area contributed by atoms with E-state index in [-0.39, 0.29) is 12.1 Å². The monoisotopic (exact) mass is 328 g/mol. The van der Waals surface area contributed by atoms with Gasteiger partial charge < -0.3 is 19.7 Å². The SMILES string of the molecule is COc1cncc(OC2CCN(C(=O)Nc3ccc(C)cc3)C2)n1. The number of hydrogen-bond acceptors (Lipinski definition) is 5. The molecular formula is C17H20N4O3.